The van der Waals surface area contributed by atoms with Crippen molar-refractivity contribution in [1.29, 1.82) is 0 Å². The molecule has 0 unspecified atom stereocenters. The molecule has 1 heterocycles. The average Bonchev–Trinajstić information content (AvgIpc) is 3.17. The second-order valence-corrected chi connectivity index (χ2v) is 9.22. The second kappa shape index (κ2) is 10.1. The van der Waals surface area contributed by atoms with Gasteiger partial charge in [0.1, 0.15) is 0 Å². The lowest BCUT2D eigenvalue weighted by molar-refractivity contribution is -0.129. The van der Waals surface area contributed by atoms with E-state index in [4.69, 9.17) is 25.8 Å². The molecule has 0 fully saturated rings. The third-order valence-corrected chi connectivity index (χ3v) is 7.15. The Morgan fingerprint density at radius 3 is 2.55 bits per heavy atom. The molecule has 0 radical (unpaired) electrons. The van der Waals surface area contributed by atoms with Crippen molar-refractivity contribution in [3.63, 3.8) is 0 Å². The van der Waals surface area contributed by atoms with Crippen molar-refractivity contribution >= 4 is 74.0 Å². The van der Waals surface area contributed by atoms with E-state index >= 15 is 0 Å². The first-order chi connectivity index (χ1) is 15.8. The number of esters is 2. The lowest BCUT2D eigenvalue weighted by Gasteiger charge is -2.10. The molecule has 3 aromatic carbocycles. The van der Waals surface area contributed by atoms with Crippen LogP contribution in [0.15, 0.2) is 75.8 Å². The topological polar surface area (TPSA) is 74.2 Å². The van der Waals surface area contributed by atoms with Gasteiger partial charge in [-0.25, -0.2) is 14.6 Å². The first-order valence-corrected chi connectivity index (χ1v) is 11.7. The summed E-state index contributed by atoms with van der Waals surface area (Å²) in [6.07, 6.45) is 1.57. The molecule has 4 rings (SSSR count). The highest BCUT2D eigenvalue weighted by Crippen LogP contribution is 2.31. The Kier molecular flexibility index (Phi) is 7.16. The lowest BCUT2D eigenvalue weighted by Crippen LogP contribution is -2.09. The van der Waals surface area contributed by atoms with Crippen LogP contribution in [0.3, 0.4) is 0 Å². The number of ether oxygens (including phenoxy) is 3. The predicted molar refractivity (Wildman–Crippen MR) is 137 cm³/mol. The minimum Gasteiger partial charge on any atom is -0.493 e. The maximum Gasteiger partial charge on any atom is 0.363 e. The zero-order valence-electron chi connectivity index (χ0n) is 17.0. The molecule has 33 heavy (non-hydrogen) atoms. The van der Waals surface area contributed by atoms with Crippen LogP contribution in [-0.2, 0) is 9.53 Å². The first-order valence-electron chi connectivity index (χ1n) is 9.48. The van der Waals surface area contributed by atoms with Gasteiger partial charge in [-0.1, -0.05) is 17.7 Å². The highest BCUT2D eigenvalue weighted by atomic mass is 127. The van der Waals surface area contributed by atoms with Crippen LogP contribution in [-0.4, -0.2) is 24.9 Å². The molecule has 0 N–H and O–H groups in total. The van der Waals surface area contributed by atoms with Crippen molar-refractivity contribution in [2.45, 2.75) is 0 Å². The second-order valence-electron chi connectivity index (χ2n) is 6.77. The summed E-state index contributed by atoms with van der Waals surface area (Å²) in [4.78, 5) is 29.1. The molecule has 1 aliphatic heterocycles. The van der Waals surface area contributed by atoms with Gasteiger partial charge < -0.3 is 14.2 Å². The van der Waals surface area contributed by atoms with Crippen molar-refractivity contribution in [1.82, 2.24) is 0 Å². The van der Waals surface area contributed by atoms with Crippen LogP contribution in [0.25, 0.3) is 6.08 Å². The van der Waals surface area contributed by atoms with Crippen molar-refractivity contribution < 1.29 is 23.8 Å². The highest BCUT2D eigenvalue weighted by Gasteiger charge is 2.25. The number of aliphatic imine (C=N–C) groups is 1. The molecule has 3 aromatic rings. The summed E-state index contributed by atoms with van der Waals surface area (Å²) in [5, 5.41) is 0.521. The van der Waals surface area contributed by atoms with Crippen LogP contribution in [0.2, 0.25) is 5.02 Å². The lowest BCUT2D eigenvalue weighted by atomic mass is 10.1. The zero-order chi connectivity index (χ0) is 23.5. The zero-order valence-corrected chi connectivity index (χ0v) is 21.5. The predicted octanol–water partition coefficient (Wildman–Crippen LogP) is 6.28. The van der Waals surface area contributed by atoms with Gasteiger partial charge in [0.15, 0.2) is 17.2 Å². The third-order valence-electron chi connectivity index (χ3n) is 4.56. The number of carbonyl (C=O) groups excluding carboxylic acids is 2. The van der Waals surface area contributed by atoms with Gasteiger partial charge in [0, 0.05) is 18.6 Å². The van der Waals surface area contributed by atoms with Gasteiger partial charge in [0.25, 0.3) is 0 Å². The minimum atomic E-state index is -0.558. The summed E-state index contributed by atoms with van der Waals surface area (Å²) in [5.74, 6) is -0.320. The van der Waals surface area contributed by atoms with E-state index in [1.54, 1.807) is 48.5 Å². The molecular weight excluding hydrogens is 625 g/mol. The number of cyclic esters (lactones) is 1. The van der Waals surface area contributed by atoms with E-state index in [0.717, 1.165) is 8.04 Å². The summed E-state index contributed by atoms with van der Waals surface area (Å²) in [5.41, 5.74) is 1.80. The quantitative estimate of drug-likeness (QED) is 0.142. The Hall–Kier alpha value is -2.69. The Morgan fingerprint density at radius 1 is 1.09 bits per heavy atom. The standard InChI is InChI=1S/C24H14BrClINO5/c1-31-21-11-13(2-9-20(21)32-23(29)14-3-6-16(26)7-4-14)10-19-24(30)33-22(28-19)15-5-8-18(27)17(25)12-15/h2-12H,1H3/b19-10-. The van der Waals surface area contributed by atoms with E-state index in [1.807, 2.05) is 18.2 Å². The summed E-state index contributed by atoms with van der Waals surface area (Å²) in [6.45, 7) is 0. The van der Waals surface area contributed by atoms with E-state index < -0.39 is 11.9 Å². The Balaban J connectivity index is 1.57. The molecule has 6 nitrogen and oxygen atoms in total. The summed E-state index contributed by atoms with van der Waals surface area (Å²) in [6, 6.07) is 16.8. The van der Waals surface area contributed by atoms with Crippen LogP contribution in [0.1, 0.15) is 21.5 Å². The molecule has 0 aromatic heterocycles. The van der Waals surface area contributed by atoms with E-state index in [-0.39, 0.29) is 17.3 Å². The van der Waals surface area contributed by atoms with Crippen LogP contribution < -0.4 is 9.47 Å². The molecule has 1 aliphatic rings. The van der Waals surface area contributed by atoms with E-state index in [1.165, 1.54) is 7.11 Å². The number of halogens is 3. The Labute approximate surface area is 216 Å². The number of rotatable bonds is 5. The monoisotopic (exact) mass is 637 g/mol. The average molecular weight is 639 g/mol. The Bertz CT molecular complexity index is 1320. The van der Waals surface area contributed by atoms with Crippen molar-refractivity contribution in [2.24, 2.45) is 4.99 Å². The van der Waals surface area contributed by atoms with Gasteiger partial charge in [-0.15, -0.1) is 0 Å². The molecule has 0 saturated heterocycles. The largest absolute Gasteiger partial charge is 0.493 e. The number of hydrogen-bond donors (Lipinski definition) is 0. The molecule has 0 atom stereocenters. The van der Waals surface area contributed by atoms with Gasteiger partial charge >= 0.3 is 11.9 Å². The molecule has 0 aliphatic carbocycles. The molecule has 166 valence electrons. The number of methoxy groups -OCH3 is 1. The van der Waals surface area contributed by atoms with Crippen LogP contribution in [0.5, 0.6) is 11.5 Å². The SMILES string of the molecule is COc1cc(/C=C2\N=C(c3ccc(I)c(Br)c3)OC2=O)ccc1OC(=O)c1ccc(Cl)cc1. The molecule has 0 spiro atoms. The Morgan fingerprint density at radius 2 is 1.85 bits per heavy atom. The van der Waals surface area contributed by atoms with Gasteiger partial charge in [0.2, 0.25) is 5.90 Å². The maximum atomic E-state index is 12.4. The number of benzene rings is 3. The number of carbonyl (C=O) groups is 2. The molecule has 9 heteroatoms. The van der Waals surface area contributed by atoms with Crippen molar-refractivity contribution in [2.75, 3.05) is 7.11 Å². The van der Waals surface area contributed by atoms with E-state index in [2.05, 4.69) is 43.5 Å². The van der Waals surface area contributed by atoms with Gasteiger partial charge in [-0.3, -0.25) is 0 Å². The molecule has 0 amide bonds. The number of nitrogens with zero attached hydrogens (tertiary/aromatic N) is 1. The van der Waals surface area contributed by atoms with Crippen molar-refractivity contribution in [3.8, 4) is 11.5 Å². The summed E-state index contributed by atoms with van der Waals surface area (Å²) in [7, 11) is 1.46. The van der Waals surface area contributed by atoms with Crippen LogP contribution in [0.4, 0.5) is 0 Å². The fourth-order valence-corrected chi connectivity index (χ4v) is 3.76. The van der Waals surface area contributed by atoms with Crippen LogP contribution in [0, 0.1) is 3.57 Å². The van der Waals surface area contributed by atoms with Crippen LogP contribution >= 0.6 is 50.1 Å². The fraction of sp³-hybridized carbons (Fsp3) is 0.0417. The van der Waals surface area contributed by atoms with E-state index in [9.17, 15) is 9.59 Å². The normalized spacial score (nSPS) is 14.1. The van der Waals surface area contributed by atoms with Crippen molar-refractivity contribution in [3.05, 3.63) is 96.1 Å². The molecule has 0 bridgehead atoms. The highest BCUT2D eigenvalue weighted by molar-refractivity contribution is 14.1. The third kappa shape index (κ3) is 5.45. The molecule has 0 saturated carbocycles. The summed E-state index contributed by atoms with van der Waals surface area (Å²) >= 11 is 11.5. The fourth-order valence-electron chi connectivity index (χ4n) is 2.92. The summed E-state index contributed by atoms with van der Waals surface area (Å²) < 4.78 is 18.1. The van der Waals surface area contributed by atoms with E-state index in [0.29, 0.717) is 27.5 Å². The van der Waals surface area contributed by atoms with Gasteiger partial charge in [-0.05, 0) is 105 Å². The number of hydrogen-bond acceptors (Lipinski definition) is 6. The first kappa shape index (κ1) is 23.5. The van der Waals surface area contributed by atoms with Gasteiger partial charge in [-0.2, -0.15) is 0 Å². The minimum absolute atomic E-state index is 0.146. The molecular formula is C24H14BrClINO5. The smallest absolute Gasteiger partial charge is 0.363 e. The maximum absolute atomic E-state index is 12.4. The van der Waals surface area contributed by atoms with Gasteiger partial charge in [0.05, 0.1) is 12.7 Å².